The van der Waals surface area contributed by atoms with Gasteiger partial charge in [0.2, 0.25) is 0 Å². The Morgan fingerprint density at radius 1 is 1.44 bits per heavy atom. The highest BCUT2D eigenvalue weighted by molar-refractivity contribution is 5.73. The first-order valence-electron chi connectivity index (χ1n) is 6.49. The minimum Gasteiger partial charge on any atom is -0.480 e. The van der Waals surface area contributed by atoms with Gasteiger partial charge in [0.15, 0.2) is 0 Å². The van der Waals surface area contributed by atoms with E-state index >= 15 is 0 Å². The normalized spacial score (nSPS) is 20.8. The summed E-state index contributed by atoms with van der Waals surface area (Å²) < 4.78 is 0. The van der Waals surface area contributed by atoms with Crippen LogP contribution in [0.3, 0.4) is 0 Å². The first-order chi connectivity index (χ1) is 8.75. The van der Waals surface area contributed by atoms with Gasteiger partial charge >= 0.3 is 5.97 Å². The van der Waals surface area contributed by atoms with E-state index in [1.165, 1.54) is 6.42 Å². The molecule has 1 aromatic carbocycles. The van der Waals surface area contributed by atoms with Crippen LogP contribution in [-0.4, -0.2) is 36.2 Å². The lowest BCUT2D eigenvalue weighted by Crippen LogP contribution is -2.44. The molecule has 3 N–H and O–H groups in total. The predicted octanol–water partition coefficient (Wildman–Crippen LogP) is 1.02. The van der Waals surface area contributed by atoms with Gasteiger partial charge in [0.05, 0.1) is 0 Å². The number of rotatable bonds is 6. The average Bonchev–Trinajstić information content (AvgIpc) is 2.88. The molecule has 0 bridgehead atoms. The van der Waals surface area contributed by atoms with Crippen LogP contribution < -0.4 is 10.6 Å². The van der Waals surface area contributed by atoms with Crippen molar-refractivity contribution >= 4 is 5.97 Å². The Kier molecular flexibility index (Phi) is 4.73. The zero-order valence-electron chi connectivity index (χ0n) is 10.4. The average molecular weight is 248 g/mol. The van der Waals surface area contributed by atoms with Gasteiger partial charge in [0.1, 0.15) is 6.04 Å². The molecule has 1 saturated heterocycles. The predicted molar refractivity (Wildman–Crippen MR) is 70.6 cm³/mol. The molecule has 1 aliphatic rings. The number of carboxylic acid groups (broad SMARTS) is 1. The first kappa shape index (κ1) is 13.1. The van der Waals surface area contributed by atoms with Crippen LogP contribution in [0.5, 0.6) is 0 Å². The molecule has 1 heterocycles. The summed E-state index contributed by atoms with van der Waals surface area (Å²) in [5.74, 6) is -0.781. The summed E-state index contributed by atoms with van der Waals surface area (Å²) >= 11 is 0. The quantitative estimate of drug-likeness (QED) is 0.703. The summed E-state index contributed by atoms with van der Waals surface area (Å²) in [4.78, 5) is 11.2. The van der Waals surface area contributed by atoms with Crippen molar-refractivity contribution in [2.45, 2.75) is 31.3 Å². The summed E-state index contributed by atoms with van der Waals surface area (Å²) in [6, 6.07) is 9.66. The third-order valence-corrected chi connectivity index (χ3v) is 3.35. The van der Waals surface area contributed by atoms with E-state index in [0.29, 0.717) is 12.5 Å². The lowest BCUT2D eigenvalue weighted by Gasteiger charge is -2.17. The Morgan fingerprint density at radius 2 is 2.22 bits per heavy atom. The number of nitrogens with one attached hydrogen (secondary N) is 2. The molecule has 0 spiro atoms. The van der Waals surface area contributed by atoms with Crippen molar-refractivity contribution in [1.29, 1.82) is 0 Å². The van der Waals surface area contributed by atoms with Gasteiger partial charge in [-0.05, 0) is 31.4 Å². The summed E-state index contributed by atoms with van der Waals surface area (Å²) in [5.41, 5.74) is 1.05. The van der Waals surface area contributed by atoms with Gasteiger partial charge in [-0.25, -0.2) is 0 Å². The van der Waals surface area contributed by atoms with Crippen molar-refractivity contribution in [1.82, 2.24) is 10.6 Å². The first-order valence-corrected chi connectivity index (χ1v) is 6.49. The highest BCUT2D eigenvalue weighted by atomic mass is 16.4. The van der Waals surface area contributed by atoms with Crippen molar-refractivity contribution in [3.05, 3.63) is 35.9 Å². The molecule has 1 fully saturated rings. The van der Waals surface area contributed by atoms with E-state index in [-0.39, 0.29) is 0 Å². The summed E-state index contributed by atoms with van der Waals surface area (Å²) in [7, 11) is 0. The maximum atomic E-state index is 11.2. The molecule has 0 unspecified atom stereocenters. The highest BCUT2D eigenvalue weighted by Crippen LogP contribution is 2.06. The fraction of sp³-hybridized carbons (Fsp3) is 0.500. The SMILES string of the molecule is O=C(O)[C@H](Cc1ccccc1)NC[C@@H]1CCCN1. The lowest BCUT2D eigenvalue weighted by molar-refractivity contribution is -0.139. The van der Waals surface area contributed by atoms with Gasteiger partial charge in [-0.15, -0.1) is 0 Å². The summed E-state index contributed by atoms with van der Waals surface area (Å²) in [6.45, 7) is 1.77. The van der Waals surface area contributed by atoms with E-state index < -0.39 is 12.0 Å². The molecule has 2 rings (SSSR count). The molecule has 1 aliphatic heterocycles. The molecule has 0 aliphatic carbocycles. The maximum Gasteiger partial charge on any atom is 0.321 e. The van der Waals surface area contributed by atoms with Crippen molar-refractivity contribution in [2.75, 3.05) is 13.1 Å². The van der Waals surface area contributed by atoms with Crippen LogP contribution >= 0.6 is 0 Å². The zero-order valence-corrected chi connectivity index (χ0v) is 10.4. The van der Waals surface area contributed by atoms with Crippen LogP contribution in [0.1, 0.15) is 18.4 Å². The molecule has 0 aromatic heterocycles. The Balaban J connectivity index is 1.85. The molecular weight excluding hydrogens is 228 g/mol. The fourth-order valence-corrected chi connectivity index (χ4v) is 2.31. The Labute approximate surface area is 107 Å². The van der Waals surface area contributed by atoms with Crippen LogP contribution in [-0.2, 0) is 11.2 Å². The third kappa shape index (κ3) is 3.82. The van der Waals surface area contributed by atoms with Crippen LogP contribution in [0.4, 0.5) is 0 Å². The van der Waals surface area contributed by atoms with E-state index in [4.69, 9.17) is 0 Å². The second-order valence-electron chi connectivity index (χ2n) is 4.78. The fourth-order valence-electron chi connectivity index (χ4n) is 2.31. The highest BCUT2D eigenvalue weighted by Gasteiger charge is 2.20. The number of hydrogen-bond acceptors (Lipinski definition) is 3. The van der Waals surface area contributed by atoms with Crippen LogP contribution in [0.15, 0.2) is 30.3 Å². The molecular formula is C14H20N2O2. The van der Waals surface area contributed by atoms with Crippen molar-refractivity contribution < 1.29 is 9.90 Å². The lowest BCUT2D eigenvalue weighted by atomic mass is 10.1. The molecule has 0 saturated carbocycles. The van der Waals surface area contributed by atoms with Gasteiger partial charge in [-0.2, -0.15) is 0 Å². The smallest absolute Gasteiger partial charge is 0.321 e. The van der Waals surface area contributed by atoms with Crippen LogP contribution in [0, 0.1) is 0 Å². The molecule has 1 aromatic rings. The molecule has 98 valence electrons. The van der Waals surface area contributed by atoms with Crippen molar-refractivity contribution in [3.8, 4) is 0 Å². The molecule has 2 atom stereocenters. The van der Waals surface area contributed by atoms with E-state index in [1.807, 2.05) is 30.3 Å². The summed E-state index contributed by atoms with van der Waals surface area (Å²) in [6.07, 6.45) is 2.84. The van der Waals surface area contributed by atoms with E-state index in [1.54, 1.807) is 0 Å². The number of benzene rings is 1. The van der Waals surface area contributed by atoms with Crippen LogP contribution in [0.25, 0.3) is 0 Å². The van der Waals surface area contributed by atoms with Crippen molar-refractivity contribution in [2.24, 2.45) is 0 Å². The van der Waals surface area contributed by atoms with Gasteiger partial charge in [-0.3, -0.25) is 4.79 Å². The zero-order chi connectivity index (χ0) is 12.8. The molecule has 4 nitrogen and oxygen atoms in total. The molecule has 4 heteroatoms. The molecule has 18 heavy (non-hydrogen) atoms. The minimum atomic E-state index is -0.781. The Bertz CT molecular complexity index is 375. The topological polar surface area (TPSA) is 61.4 Å². The van der Waals surface area contributed by atoms with E-state index in [2.05, 4.69) is 10.6 Å². The second-order valence-corrected chi connectivity index (χ2v) is 4.78. The number of hydrogen-bond donors (Lipinski definition) is 3. The second kappa shape index (κ2) is 6.52. The Hall–Kier alpha value is -1.39. The number of carboxylic acids is 1. The van der Waals surface area contributed by atoms with Gasteiger partial charge < -0.3 is 15.7 Å². The van der Waals surface area contributed by atoms with Gasteiger partial charge in [-0.1, -0.05) is 30.3 Å². The molecule has 0 amide bonds. The standard InChI is InChI=1S/C14H20N2O2/c17-14(18)13(9-11-5-2-1-3-6-11)16-10-12-7-4-8-15-12/h1-3,5-6,12-13,15-16H,4,7-10H2,(H,17,18)/t12-,13-/m0/s1. The van der Waals surface area contributed by atoms with E-state index in [9.17, 15) is 9.90 Å². The number of aliphatic carboxylic acids is 1. The Morgan fingerprint density at radius 3 is 2.83 bits per heavy atom. The van der Waals surface area contributed by atoms with Crippen molar-refractivity contribution in [3.63, 3.8) is 0 Å². The van der Waals surface area contributed by atoms with E-state index in [0.717, 1.165) is 25.1 Å². The monoisotopic (exact) mass is 248 g/mol. The van der Waals surface area contributed by atoms with Crippen LogP contribution in [0.2, 0.25) is 0 Å². The minimum absolute atomic E-state index is 0.419. The van der Waals surface area contributed by atoms with Gasteiger partial charge in [0.25, 0.3) is 0 Å². The maximum absolute atomic E-state index is 11.2. The van der Waals surface area contributed by atoms with Gasteiger partial charge in [0, 0.05) is 12.6 Å². The molecule has 0 radical (unpaired) electrons. The third-order valence-electron chi connectivity index (χ3n) is 3.35. The summed E-state index contributed by atoms with van der Waals surface area (Å²) in [5, 5.41) is 15.7. The number of carbonyl (C=O) groups is 1. The largest absolute Gasteiger partial charge is 0.480 e.